The standard InChI is InChI=1S/C20H20F3N3O3S/c1-4-26-19(20(21,22)23)17(14-7-10-16(29-3)12(2)11-14)18(25-26)13-5-8-15(9-6-13)30(24,27)28/h5-11H,4H2,1-3H3,(H2,24,27,28). The van der Waals surface area contributed by atoms with Crippen molar-refractivity contribution in [3.8, 4) is 28.1 Å². The van der Waals surface area contributed by atoms with Gasteiger partial charge in [0.25, 0.3) is 0 Å². The lowest BCUT2D eigenvalue weighted by molar-refractivity contribution is -0.143. The van der Waals surface area contributed by atoms with E-state index in [1.807, 2.05) is 0 Å². The molecule has 0 saturated carbocycles. The first-order valence-corrected chi connectivity index (χ1v) is 10.5. The summed E-state index contributed by atoms with van der Waals surface area (Å²) in [5, 5.41) is 9.30. The Morgan fingerprint density at radius 1 is 1.10 bits per heavy atom. The Hall–Kier alpha value is -2.85. The van der Waals surface area contributed by atoms with Crippen molar-refractivity contribution in [3.05, 3.63) is 53.7 Å². The number of ether oxygens (including phenoxy) is 1. The van der Waals surface area contributed by atoms with E-state index in [2.05, 4.69) is 5.10 Å². The summed E-state index contributed by atoms with van der Waals surface area (Å²) < 4.78 is 71.1. The fourth-order valence-electron chi connectivity index (χ4n) is 3.29. The molecule has 2 aromatic carbocycles. The minimum atomic E-state index is -4.65. The van der Waals surface area contributed by atoms with E-state index in [0.29, 0.717) is 22.4 Å². The number of sulfonamides is 1. The Labute approximate surface area is 172 Å². The molecule has 1 aromatic heterocycles. The number of nitrogens with zero attached hydrogens (tertiary/aromatic N) is 2. The topological polar surface area (TPSA) is 87.2 Å². The van der Waals surface area contributed by atoms with E-state index >= 15 is 0 Å². The zero-order valence-electron chi connectivity index (χ0n) is 16.5. The molecule has 6 nitrogen and oxygen atoms in total. The van der Waals surface area contributed by atoms with Crippen LogP contribution < -0.4 is 9.88 Å². The highest BCUT2D eigenvalue weighted by molar-refractivity contribution is 7.89. The average Bonchev–Trinajstić information content (AvgIpc) is 3.07. The van der Waals surface area contributed by atoms with Gasteiger partial charge in [0, 0.05) is 17.7 Å². The molecule has 0 atom stereocenters. The number of halogens is 3. The van der Waals surface area contributed by atoms with Crippen LogP contribution >= 0.6 is 0 Å². The molecule has 30 heavy (non-hydrogen) atoms. The second-order valence-electron chi connectivity index (χ2n) is 6.64. The summed E-state index contributed by atoms with van der Waals surface area (Å²) in [6, 6.07) is 10.0. The lowest BCUT2D eigenvalue weighted by Gasteiger charge is -2.13. The lowest BCUT2D eigenvalue weighted by Crippen LogP contribution is -2.15. The average molecular weight is 439 g/mol. The number of alkyl halides is 3. The van der Waals surface area contributed by atoms with Gasteiger partial charge < -0.3 is 4.74 Å². The van der Waals surface area contributed by atoms with Gasteiger partial charge in [0.2, 0.25) is 10.0 Å². The van der Waals surface area contributed by atoms with Crippen LogP contribution in [0.5, 0.6) is 5.75 Å². The summed E-state index contributed by atoms with van der Waals surface area (Å²) in [7, 11) is -2.44. The van der Waals surface area contributed by atoms with Crippen LogP contribution in [0.3, 0.4) is 0 Å². The molecule has 0 aliphatic heterocycles. The van der Waals surface area contributed by atoms with E-state index in [1.54, 1.807) is 32.0 Å². The molecule has 0 unspecified atom stereocenters. The molecule has 10 heteroatoms. The fraction of sp³-hybridized carbons (Fsp3) is 0.250. The molecule has 1 heterocycles. The zero-order valence-corrected chi connectivity index (χ0v) is 17.3. The number of primary sulfonamides is 1. The molecule has 160 valence electrons. The van der Waals surface area contributed by atoms with Crippen molar-refractivity contribution in [2.45, 2.75) is 31.5 Å². The Bertz CT molecular complexity index is 1180. The first-order valence-electron chi connectivity index (χ1n) is 8.93. The molecular weight excluding hydrogens is 419 g/mol. The first kappa shape index (κ1) is 21.8. The lowest BCUT2D eigenvalue weighted by atomic mass is 9.97. The number of methoxy groups -OCH3 is 1. The minimum Gasteiger partial charge on any atom is -0.496 e. The normalized spacial score (nSPS) is 12.2. The summed E-state index contributed by atoms with van der Waals surface area (Å²) in [6.07, 6.45) is -4.65. The summed E-state index contributed by atoms with van der Waals surface area (Å²) in [5.74, 6) is 0.550. The van der Waals surface area contributed by atoms with Crippen LogP contribution in [-0.4, -0.2) is 25.3 Å². The number of nitrogens with two attached hydrogens (primary N) is 1. The number of benzene rings is 2. The number of aryl methyl sites for hydroxylation is 2. The van der Waals surface area contributed by atoms with Crippen molar-refractivity contribution in [2.75, 3.05) is 7.11 Å². The van der Waals surface area contributed by atoms with Crippen molar-refractivity contribution >= 4 is 10.0 Å². The highest BCUT2D eigenvalue weighted by Gasteiger charge is 2.40. The van der Waals surface area contributed by atoms with Gasteiger partial charge in [0.15, 0.2) is 5.69 Å². The fourth-order valence-corrected chi connectivity index (χ4v) is 3.81. The summed E-state index contributed by atoms with van der Waals surface area (Å²) in [5.41, 5.74) is 0.463. The van der Waals surface area contributed by atoms with E-state index in [1.165, 1.54) is 31.4 Å². The van der Waals surface area contributed by atoms with E-state index < -0.39 is 21.9 Å². The maximum atomic E-state index is 14.0. The van der Waals surface area contributed by atoms with Crippen molar-refractivity contribution in [2.24, 2.45) is 5.14 Å². The van der Waals surface area contributed by atoms with Gasteiger partial charge in [-0.15, -0.1) is 0 Å². The largest absolute Gasteiger partial charge is 0.496 e. The van der Waals surface area contributed by atoms with Gasteiger partial charge in [-0.25, -0.2) is 13.6 Å². The Morgan fingerprint density at radius 3 is 2.17 bits per heavy atom. The maximum absolute atomic E-state index is 14.0. The van der Waals surface area contributed by atoms with Crippen LogP contribution in [0.15, 0.2) is 47.4 Å². The molecule has 0 spiro atoms. The highest BCUT2D eigenvalue weighted by Crippen LogP contribution is 2.43. The summed E-state index contributed by atoms with van der Waals surface area (Å²) in [6.45, 7) is 3.31. The molecule has 0 aliphatic rings. The van der Waals surface area contributed by atoms with Crippen LogP contribution in [0.4, 0.5) is 13.2 Å². The molecule has 3 aromatic rings. The van der Waals surface area contributed by atoms with E-state index in [9.17, 15) is 21.6 Å². The molecule has 0 aliphatic carbocycles. The van der Waals surface area contributed by atoms with Crippen molar-refractivity contribution < 1.29 is 26.3 Å². The van der Waals surface area contributed by atoms with Crippen LogP contribution in [0, 0.1) is 6.92 Å². The number of hydrogen-bond donors (Lipinski definition) is 1. The van der Waals surface area contributed by atoms with Crippen molar-refractivity contribution in [1.82, 2.24) is 9.78 Å². The Kier molecular flexibility index (Phi) is 5.66. The first-order chi connectivity index (χ1) is 14.0. The number of hydrogen-bond acceptors (Lipinski definition) is 4. The monoisotopic (exact) mass is 439 g/mol. The van der Waals surface area contributed by atoms with Gasteiger partial charge in [-0.3, -0.25) is 4.68 Å². The summed E-state index contributed by atoms with van der Waals surface area (Å²) >= 11 is 0. The van der Waals surface area contributed by atoms with Gasteiger partial charge in [-0.2, -0.15) is 18.3 Å². The zero-order chi connectivity index (χ0) is 22.3. The van der Waals surface area contributed by atoms with Crippen molar-refractivity contribution in [3.63, 3.8) is 0 Å². The van der Waals surface area contributed by atoms with Gasteiger partial charge in [-0.1, -0.05) is 18.2 Å². The van der Waals surface area contributed by atoms with Crippen LogP contribution in [-0.2, 0) is 22.7 Å². The minimum absolute atomic E-state index is 0.00619. The summed E-state index contributed by atoms with van der Waals surface area (Å²) in [4.78, 5) is -0.140. The van der Waals surface area contributed by atoms with Gasteiger partial charge >= 0.3 is 6.18 Å². The van der Waals surface area contributed by atoms with Crippen molar-refractivity contribution in [1.29, 1.82) is 0 Å². The van der Waals surface area contributed by atoms with E-state index in [0.717, 1.165) is 4.68 Å². The molecule has 0 fully saturated rings. The SMILES string of the molecule is CCn1nc(-c2ccc(S(N)(=O)=O)cc2)c(-c2ccc(OC)c(C)c2)c1C(F)(F)F. The molecule has 0 amide bonds. The molecule has 2 N–H and O–H groups in total. The second kappa shape index (κ2) is 7.77. The van der Waals surface area contributed by atoms with Crippen LogP contribution in [0.2, 0.25) is 0 Å². The van der Waals surface area contributed by atoms with Crippen LogP contribution in [0.25, 0.3) is 22.4 Å². The predicted molar refractivity (Wildman–Crippen MR) is 106 cm³/mol. The van der Waals surface area contributed by atoms with Crippen LogP contribution in [0.1, 0.15) is 18.2 Å². The molecule has 0 bridgehead atoms. The molecule has 3 rings (SSSR count). The van der Waals surface area contributed by atoms with E-state index in [4.69, 9.17) is 9.88 Å². The highest BCUT2D eigenvalue weighted by atomic mass is 32.2. The quantitative estimate of drug-likeness (QED) is 0.645. The molecular formula is C20H20F3N3O3S. The van der Waals surface area contributed by atoms with Gasteiger partial charge in [0.05, 0.1) is 12.0 Å². The van der Waals surface area contributed by atoms with E-state index in [-0.39, 0.29) is 22.7 Å². The maximum Gasteiger partial charge on any atom is 0.433 e. The molecule has 0 radical (unpaired) electrons. The van der Waals surface area contributed by atoms with Gasteiger partial charge in [0.1, 0.15) is 11.4 Å². The van der Waals surface area contributed by atoms with Gasteiger partial charge in [-0.05, 0) is 49.2 Å². The third kappa shape index (κ3) is 4.05. The molecule has 0 saturated heterocycles. The number of rotatable bonds is 5. The predicted octanol–water partition coefficient (Wildman–Crippen LogP) is 4.22. The second-order valence-corrected chi connectivity index (χ2v) is 8.20. The number of aromatic nitrogens is 2. The Balaban J connectivity index is 2.31. The third-order valence-corrected chi connectivity index (χ3v) is 5.59. The third-order valence-electron chi connectivity index (χ3n) is 4.66. The smallest absolute Gasteiger partial charge is 0.433 e. The Morgan fingerprint density at radius 2 is 1.70 bits per heavy atom.